The molecule has 2 aromatic carbocycles. The van der Waals surface area contributed by atoms with E-state index in [9.17, 15) is 19.5 Å². The highest BCUT2D eigenvalue weighted by Gasteiger charge is 2.38. The van der Waals surface area contributed by atoms with Gasteiger partial charge < -0.3 is 24.8 Å². The molecule has 4 unspecified atom stereocenters. The van der Waals surface area contributed by atoms with Crippen molar-refractivity contribution in [2.24, 2.45) is 11.8 Å². The number of carboxylic acids is 1. The number of carbonyl (C=O) groups is 3. The van der Waals surface area contributed by atoms with Crippen LogP contribution >= 0.6 is 0 Å². The predicted octanol–water partition coefficient (Wildman–Crippen LogP) is 4.91. The summed E-state index contributed by atoms with van der Waals surface area (Å²) in [5.41, 5.74) is 4.49. The van der Waals surface area contributed by atoms with Gasteiger partial charge in [-0.2, -0.15) is 0 Å². The van der Waals surface area contributed by atoms with Gasteiger partial charge in [0, 0.05) is 20.1 Å². The Morgan fingerprint density at radius 2 is 1.55 bits per heavy atom. The second-order valence-corrected chi connectivity index (χ2v) is 10.4. The summed E-state index contributed by atoms with van der Waals surface area (Å²) in [5.74, 6) is -1.63. The van der Waals surface area contributed by atoms with Crippen molar-refractivity contribution >= 4 is 18.0 Å². The number of likely N-dealkylation sites (N-methyl/N-ethyl adjacent to an activating group) is 1. The molecule has 0 bridgehead atoms. The van der Waals surface area contributed by atoms with Crippen LogP contribution in [0.4, 0.5) is 4.79 Å². The molecule has 3 rings (SSSR count). The van der Waals surface area contributed by atoms with E-state index in [0.29, 0.717) is 0 Å². The summed E-state index contributed by atoms with van der Waals surface area (Å²) in [6, 6.07) is 14.9. The first-order valence-electron chi connectivity index (χ1n) is 13.2. The topological polar surface area (TPSA) is 105 Å². The number of alkyl carbamates (subject to hydrolysis) is 1. The maximum atomic E-state index is 13.6. The summed E-state index contributed by atoms with van der Waals surface area (Å²) >= 11 is 0. The second-order valence-electron chi connectivity index (χ2n) is 10.4. The zero-order chi connectivity index (χ0) is 28.0. The maximum absolute atomic E-state index is 13.6. The number of nitrogens with one attached hydrogen (secondary N) is 1. The van der Waals surface area contributed by atoms with E-state index >= 15 is 0 Å². The molecule has 0 fully saturated rings. The van der Waals surface area contributed by atoms with Gasteiger partial charge in [0.15, 0.2) is 0 Å². The molecule has 2 N–H and O–H groups in total. The van der Waals surface area contributed by atoms with Crippen LogP contribution in [0.1, 0.15) is 57.6 Å². The van der Waals surface area contributed by atoms with E-state index in [1.165, 1.54) is 12.0 Å². The molecule has 206 valence electrons. The first-order chi connectivity index (χ1) is 18.1. The molecule has 0 aromatic heterocycles. The van der Waals surface area contributed by atoms with Crippen LogP contribution in [0.15, 0.2) is 48.5 Å². The van der Waals surface area contributed by atoms with Crippen molar-refractivity contribution in [2.75, 3.05) is 20.8 Å². The fourth-order valence-corrected chi connectivity index (χ4v) is 5.40. The van der Waals surface area contributed by atoms with Crippen LogP contribution in [0.5, 0.6) is 0 Å². The fraction of sp³-hybridized carbons (Fsp3) is 0.500. The van der Waals surface area contributed by atoms with Crippen LogP contribution in [0.2, 0.25) is 0 Å². The van der Waals surface area contributed by atoms with Crippen molar-refractivity contribution in [1.82, 2.24) is 10.2 Å². The molecule has 38 heavy (non-hydrogen) atoms. The Morgan fingerprint density at radius 3 is 2.03 bits per heavy atom. The number of rotatable bonds is 12. The SMILES string of the molecule is CCC(C)C(C(CC(=O)O)OC)N(C)C(=O)C(NC(=O)OCC1c2ccccc2-c2ccccc21)C(C)C. The predicted molar refractivity (Wildman–Crippen MR) is 146 cm³/mol. The number of hydrogen-bond donors (Lipinski definition) is 2. The molecule has 0 saturated carbocycles. The molecule has 8 nitrogen and oxygen atoms in total. The van der Waals surface area contributed by atoms with Crippen molar-refractivity contribution < 1.29 is 29.0 Å². The lowest BCUT2D eigenvalue weighted by molar-refractivity contribution is -0.147. The lowest BCUT2D eigenvalue weighted by Gasteiger charge is -2.39. The van der Waals surface area contributed by atoms with Crippen molar-refractivity contribution in [2.45, 2.75) is 64.6 Å². The molecule has 0 saturated heterocycles. The van der Waals surface area contributed by atoms with E-state index in [2.05, 4.69) is 29.6 Å². The molecule has 2 amide bonds. The number of aliphatic carboxylic acids is 1. The van der Waals surface area contributed by atoms with E-state index in [4.69, 9.17) is 9.47 Å². The van der Waals surface area contributed by atoms with Crippen molar-refractivity contribution in [3.05, 3.63) is 59.7 Å². The first-order valence-corrected chi connectivity index (χ1v) is 13.2. The van der Waals surface area contributed by atoms with Crippen LogP contribution in [0.3, 0.4) is 0 Å². The third-order valence-corrected chi connectivity index (χ3v) is 7.63. The molecule has 0 aliphatic heterocycles. The Kier molecular flexibility index (Phi) is 9.91. The summed E-state index contributed by atoms with van der Waals surface area (Å²) in [4.78, 5) is 39.6. The molecule has 2 aromatic rings. The van der Waals surface area contributed by atoms with E-state index < -0.39 is 30.3 Å². The average molecular weight is 525 g/mol. The minimum Gasteiger partial charge on any atom is -0.481 e. The van der Waals surface area contributed by atoms with Gasteiger partial charge in [-0.05, 0) is 34.1 Å². The molecule has 0 heterocycles. The van der Waals surface area contributed by atoms with Crippen LogP contribution in [-0.4, -0.2) is 66.9 Å². The van der Waals surface area contributed by atoms with Gasteiger partial charge in [0.05, 0.1) is 18.6 Å². The van der Waals surface area contributed by atoms with E-state index in [-0.39, 0.29) is 36.7 Å². The van der Waals surface area contributed by atoms with Crippen molar-refractivity contribution in [1.29, 1.82) is 0 Å². The number of benzene rings is 2. The van der Waals surface area contributed by atoms with Gasteiger partial charge in [0.2, 0.25) is 5.91 Å². The highest BCUT2D eigenvalue weighted by atomic mass is 16.5. The number of carbonyl (C=O) groups excluding carboxylic acids is 2. The number of methoxy groups -OCH3 is 1. The largest absolute Gasteiger partial charge is 0.481 e. The first kappa shape index (κ1) is 29.2. The van der Waals surface area contributed by atoms with Crippen LogP contribution in [0, 0.1) is 11.8 Å². The van der Waals surface area contributed by atoms with Crippen LogP contribution in [0.25, 0.3) is 11.1 Å². The van der Waals surface area contributed by atoms with Gasteiger partial charge in [-0.3, -0.25) is 9.59 Å². The maximum Gasteiger partial charge on any atom is 0.407 e. The van der Waals surface area contributed by atoms with E-state index in [1.54, 1.807) is 7.05 Å². The third kappa shape index (κ3) is 6.35. The number of ether oxygens (including phenoxy) is 2. The summed E-state index contributed by atoms with van der Waals surface area (Å²) in [6.45, 7) is 7.80. The molecule has 1 aliphatic rings. The quantitative estimate of drug-likeness (QED) is 0.409. The van der Waals surface area contributed by atoms with Gasteiger partial charge in [-0.15, -0.1) is 0 Å². The Morgan fingerprint density at radius 1 is 1.00 bits per heavy atom. The minimum atomic E-state index is -0.997. The van der Waals surface area contributed by atoms with Gasteiger partial charge in [0.25, 0.3) is 0 Å². The lowest BCUT2D eigenvalue weighted by Crippen LogP contribution is -2.57. The Balaban J connectivity index is 1.73. The van der Waals surface area contributed by atoms with Gasteiger partial charge in [-0.1, -0.05) is 82.6 Å². The number of amides is 2. The normalized spacial score (nSPS) is 15.7. The number of fused-ring (bicyclic) bond motifs is 3. The van der Waals surface area contributed by atoms with Crippen LogP contribution < -0.4 is 5.32 Å². The molecule has 4 atom stereocenters. The highest BCUT2D eigenvalue weighted by molar-refractivity contribution is 5.86. The number of nitrogens with zero attached hydrogens (tertiary/aromatic N) is 1. The van der Waals surface area contributed by atoms with E-state index in [1.807, 2.05) is 52.0 Å². The Bertz CT molecular complexity index is 1090. The molecule has 8 heteroatoms. The fourth-order valence-electron chi connectivity index (χ4n) is 5.40. The summed E-state index contributed by atoms with van der Waals surface area (Å²) in [6.07, 6.45) is -0.844. The molecule has 0 spiro atoms. The number of carboxylic acid groups (broad SMARTS) is 1. The zero-order valence-electron chi connectivity index (χ0n) is 23.1. The zero-order valence-corrected chi connectivity index (χ0v) is 23.1. The highest BCUT2D eigenvalue weighted by Crippen LogP contribution is 2.44. The van der Waals surface area contributed by atoms with Crippen LogP contribution in [-0.2, 0) is 19.1 Å². The van der Waals surface area contributed by atoms with Gasteiger partial charge >= 0.3 is 12.1 Å². The standard InChI is InChI=1S/C30H40N2O6/c1-7-19(4)28(25(37-6)16-26(33)34)32(5)29(35)27(18(2)3)31-30(36)38-17-24-22-14-10-8-12-20(22)21-13-9-11-15-23(21)24/h8-15,18-19,24-25,27-28H,7,16-17H2,1-6H3,(H,31,36)(H,33,34). The van der Waals surface area contributed by atoms with Crippen molar-refractivity contribution in [3.63, 3.8) is 0 Å². The third-order valence-electron chi connectivity index (χ3n) is 7.63. The lowest BCUT2D eigenvalue weighted by atomic mass is 9.90. The average Bonchev–Trinajstić information content (AvgIpc) is 3.22. The van der Waals surface area contributed by atoms with Gasteiger partial charge in [-0.25, -0.2) is 4.79 Å². The summed E-state index contributed by atoms with van der Waals surface area (Å²) in [7, 11) is 3.10. The van der Waals surface area contributed by atoms with Crippen molar-refractivity contribution in [3.8, 4) is 11.1 Å². The second kappa shape index (κ2) is 12.9. The summed E-state index contributed by atoms with van der Waals surface area (Å²) in [5, 5.41) is 12.1. The Hall–Kier alpha value is -3.39. The minimum absolute atomic E-state index is 0.0180. The molecular weight excluding hydrogens is 484 g/mol. The monoisotopic (exact) mass is 524 g/mol. The molecule has 0 radical (unpaired) electrons. The smallest absolute Gasteiger partial charge is 0.407 e. The Labute approximate surface area is 225 Å². The van der Waals surface area contributed by atoms with Gasteiger partial charge in [0.1, 0.15) is 12.6 Å². The van der Waals surface area contributed by atoms with E-state index in [0.717, 1.165) is 28.7 Å². The number of hydrogen-bond acceptors (Lipinski definition) is 5. The molecule has 1 aliphatic carbocycles. The summed E-state index contributed by atoms with van der Waals surface area (Å²) < 4.78 is 11.2. The molecular formula is C30H40N2O6.